The molecule has 0 aliphatic rings. The number of hydrogen-bond acceptors (Lipinski definition) is 6. The Morgan fingerprint density at radius 3 is 3.09 bits per heavy atom. The predicted molar refractivity (Wildman–Crippen MR) is 76.8 cm³/mol. The molecule has 0 amide bonds. The van der Waals surface area contributed by atoms with E-state index < -0.39 is 0 Å². The molecule has 0 unspecified atom stereocenters. The van der Waals surface area contributed by atoms with Crippen molar-refractivity contribution in [2.75, 3.05) is 5.32 Å². The van der Waals surface area contributed by atoms with E-state index in [1.807, 2.05) is 6.92 Å². The summed E-state index contributed by atoms with van der Waals surface area (Å²) in [5.41, 5.74) is 2.14. The van der Waals surface area contributed by atoms with E-state index in [0.717, 1.165) is 16.7 Å². The first-order valence-electron chi connectivity index (χ1n) is 6.67. The van der Waals surface area contributed by atoms with Crippen LogP contribution in [0.25, 0.3) is 16.6 Å². The molecule has 3 aromatic heterocycles. The van der Waals surface area contributed by atoms with Crippen molar-refractivity contribution in [1.82, 2.24) is 25.3 Å². The highest BCUT2D eigenvalue weighted by Crippen LogP contribution is 2.26. The Labute approximate surface area is 123 Å². The molecule has 1 aromatic carbocycles. The minimum Gasteiger partial charge on any atom is -0.459 e. The summed E-state index contributed by atoms with van der Waals surface area (Å²) in [5, 5.41) is 19.2. The first-order chi connectivity index (χ1) is 10.7. The van der Waals surface area contributed by atoms with E-state index in [-0.39, 0.29) is 5.82 Å². The molecular weight excluding hydrogens is 287 g/mol. The molecule has 0 bridgehead atoms. The van der Waals surface area contributed by atoms with E-state index in [0.29, 0.717) is 23.6 Å². The average molecular weight is 298 g/mol. The molecule has 0 radical (unpaired) electrons. The fourth-order valence-corrected chi connectivity index (χ4v) is 2.33. The van der Waals surface area contributed by atoms with Gasteiger partial charge in [-0.15, -0.1) is 14.8 Å². The molecule has 0 saturated carbocycles. The smallest absolute Gasteiger partial charge is 0.200 e. The van der Waals surface area contributed by atoms with Crippen LogP contribution in [0.3, 0.4) is 0 Å². The lowest BCUT2D eigenvalue weighted by molar-refractivity contribution is 0.554. The zero-order valence-corrected chi connectivity index (χ0v) is 11.6. The Morgan fingerprint density at radius 1 is 1.27 bits per heavy atom. The normalized spacial score (nSPS) is 11.4. The van der Waals surface area contributed by atoms with Gasteiger partial charge in [-0.2, -0.15) is 0 Å². The lowest BCUT2D eigenvalue weighted by Crippen LogP contribution is -2.04. The number of benzene rings is 1. The Morgan fingerprint density at radius 2 is 2.18 bits per heavy atom. The van der Waals surface area contributed by atoms with Crippen molar-refractivity contribution in [2.24, 2.45) is 0 Å². The summed E-state index contributed by atoms with van der Waals surface area (Å²) in [6.45, 7) is 2.34. The van der Waals surface area contributed by atoms with Crippen LogP contribution in [0.1, 0.15) is 11.3 Å². The number of aromatic nitrogens is 5. The maximum atomic E-state index is 13.3. The van der Waals surface area contributed by atoms with Gasteiger partial charge < -0.3 is 9.73 Å². The molecule has 7 nitrogen and oxygen atoms in total. The number of halogens is 1. The summed E-state index contributed by atoms with van der Waals surface area (Å²) < 4.78 is 20.4. The summed E-state index contributed by atoms with van der Waals surface area (Å²) in [6, 6.07) is 8.03. The number of aryl methyl sites for hydroxylation is 1. The molecule has 22 heavy (non-hydrogen) atoms. The van der Waals surface area contributed by atoms with Crippen molar-refractivity contribution in [3.8, 4) is 0 Å². The highest BCUT2D eigenvalue weighted by molar-refractivity contribution is 5.82. The molecule has 0 aliphatic heterocycles. The van der Waals surface area contributed by atoms with Crippen LogP contribution in [0.15, 0.2) is 34.7 Å². The number of furan rings is 1. The second-order valence-electron chi connectivity index (χ2n) is 4.89. The molecule has 4 rings (SSSR count). The number of hydrogen-bond donors (Lipinski definition) is 1. The maximum Gasteiger partial charge on any atom is 0.200 e. The standard InChI is InChI=1S/C14H11FN6O/c1-8-10-6-9(15)2-3-11(10)22-12(8)7-16-13-4-5-14-17-19-20-21(14)18-13/h2-6H,7H2,1H3,(H,16,18). The Bertz CT molecular complexity index is 976. The van der Waals surface area contributed by atoms with Gasteiger partial charge in [-0.05, 0) is 47.7 Å². The Hall–Kier alpha value is -3.03. The van der Waals surface area contributed by atoms with E-state index in [1.54, 1.807) is 18.2 Å². The SMILES string of the molecule is Cc1c(CNc2ccc3nnnn3n2)oc2ccc(F)cc12. The van der Waals surface area contributed by atoms with Crippen molar-refractivity contribution < 1.29 is 8.81 Å². The van der Waals surface area contributed by atoms with E-state index in [4.69, 9.17) is 4.42 Å². The van der Waals surface area contributed by atoms with Crippen LogP contribution in [0.5, 0.6) is 0 Å². The molecule has 0 saturated heterocycles. The fourth-order valence-electron chi connectivity index (χ4n) is 2.33. The Kier molecular flexibility index (Phi) is 2.75. The van der Waals surface area contributed by atoms with Gasteiger partial charge in [-0.1, -0.05) is 0 Å². The molecule has 0 fully saturated rings. The van der Waals surface area contributed by atoms with Crippen molar-refractivity contribution in [1.29, 1.82) is 0 Å². The number of rotatable bonds is 3. The van der Waals surface area contributed by atoms with Crippen molar-refractivity contribution in [3.63, 3.8) is 0 Å². The van der Waals surface area contributed by atoms with E-state index in [1.165, 1.54) is 16.8 Å². The van der Waals surface area contributed by atoms with Crippen molar-refractivity contribution >= 4 is 22.4 Å². The minimum absolute atomic E-state index is 0.276. The molecule has 4 aromatic rings. The third kappa shape index (κ3) is 2.05. The van der Waals surface area contributed by atoms with Gasteiger partial charge >= 0.3 is 0 Å². The number of nitrogens with one attached hydrogen (secondary N) is 1. The van der Waals surface area contributed by atoms with E-state index in [2.05, 4.69) is 25.9 Å². The maximum absolute atomic E-state index is 13.3. The van der Waals surface area contributed by atoms with Crippen LogP contribution in [0.2, 0.25) is 0 Å². The predicted octanol–water partition coefficient (Wildman–Crippen LogP) is 2.33. The van der Waals surface area contributed by atoms with E-state index in [9.17, 15) is 4.39 Å². The minimum atomic E-state index is -0.276. The molecule has 0 aliphatic carbocycles. The number of tetrazole rings is 1. The van der Waals surface area contributed by atoms with Gasteiger partial charge in [0.25, 0.3) is 0 Å². The molecule has 1 N–H and O–H groups in total. The summed E-state index contributed by atoms with van der Waals surface area (Å²) >= 11 is 0. The summed E-state index contributed by atoms with van der Waals surface area (Å²) in [7, 11) is 0. The van der Waals surface area contributed by atoms with Gasteiger partial charge in [0.05, 0.1) is 6.54 Å². The molecule has 3 heterocycles. The van der Waals surface area contributed by atoms with Gasteiger partial charge in [0, 0.05) is 10.9 Å². The Balaban J connectivity index is 1.61. The molecule has 8 heteroatoms. The summed E-state index contributed by atoms with van der Waals surface area (Å²) in [5.74, 6) is 1.08. The first kappa shape index (κ1) is 12.7. The topological polar surface area (TPSA) is 81.1 Å². The van der Waals surface area contributed by atoms with Crippen LogP contribution in [-0.2, 0) is 6.54 Å². The van der Waals surface area contributed by atoms with Gasteiger partial charge in [-0.25, -0.2) is 4.39 Å². The zero-order chi connectivity index (χ0) is 15.1. The van der Waals surface area contributed by atoms with Gasteiger partial charge in [-0.3, -0.25) is 0 Å². The third-order valence-electron chi connectivity index (χ3n) is 3.50. The van der Waals surface area contributed by atoms with Crippen molar-refractivity contribution in [2.45, 2.75) is 13.5 Å². The molecular formula is C14H11FN6O. The monoisotopic (exact) mass is 298 g/mol. The second-order valence-corrected chi connectivity index (χ2v) is 4.89. The molecule has 0 atom stereocenters. The molecule has 0 spiro atoms. The first-order valence-corrected chi connectivity index (χ1v) is 6.67. The van der Waals surface area contributed by atoms with Crippen LogP contribution in [0.4, 0.5) is 10.2 Å². The fraction of sp³-hybridized carbons (Fsp3) is 0.143. The van der Waals surface area contributed by atoms with Gasteiger partial charge in [0.1, 0.15) is 23.0 Å². The summed E-state index contributed by atoms with van der Waals surface area (Å²) in [6.07, 6.45) is 0. The lowest BCUT2D eigenvalue weighted by Gasteiger charge is -2.03. The third-order valence-corrected chi connectivity index (χ3v) is 3.50. The van der Waals surface area contributed by atoms with Crippen LogP contribution >= 0.6 is 0 Å². The van der Waals surface area contributed by atoms with Gasteiger partial charge in [0.15, 0.2) is 5.65 Å². The second kappa shape index (κ2) is 4.76. The van der Waals surface area contributed by atoms with Crippen LogP contribution < -0.4 is 5.32 Å². The van der Waals surface area contributed by atoms with Crippen molar-refractivity contribution in [3.05, 3.63) is 47.5 Å². The highest BCUT2D eigenvalue weighted by Gasteiger charge is 2.11. The average Bonchev–Trinajstić information content (AvgIpc) is 3.10. The number of anilines is 1. The lowest BCUT2D eigenvalue weighted by atomic mass is 10.1. The largest absolute Gasteiger partial charge is 0.459 e. The molecule has 110 valence electrons. The number of fused-ring (bicyclic) bond motifs is 2. The van der Waals surface area contributed by atoms with Crippen LogP contribution in [-0.4, -0.2) is 25.3 Å². The summed E-state index contributed by atoms with van der Waals surface area (Å²) in [4.78, 5) is 0. The van der Waals surface area contributed by atoms with Crippen LogP contribution in [0, 0.1) is 12.7 Å². The highest BCUT2D eigenvalue weighted by atomic mass is 19.1. The zero-order valence-electron chi connectivity index (χ0n) is 11.6. The quantitative estimate of drug-likeness (QED) is 0.625. The number of nitrogens with zero attached hydrogens (tertiary/aromatic N) is 5. The van der Waals surface area contributed by atoms with E-state index >= 15 is 0 Å². The van der Waals surface area contributed by atoms with Gasteiger partial charge in [0.2, 0.25) is 0 Å².